The number of hydrogen-bond donors (Lipinski definition) is 1. The van der Waals surface area contributed by atoms with Crippen molar-refractivity contribution in [2.75, 3.05) is 13.7 Å². The second-order valence-corrected chi connectivity index (χ2v) is 4.66. The van der Waals surface area contributed by atoms with Gasteiger partial charge in [0.25, 0.3) is 0 Å². The van der Waals surface area contributed by atoms with E-state index in [1.807, 2.05) is 60.7 Å². The molecule has 0 amide bonds. The van der Waals surface area contributed by atoms with Crippen molar-refractivity contribution in [1.29, 1.82) is 0 Å². The molecule has 0 aliphatic heterocycles. The predicted molar refractivity (Wildman–Crippen MR) is 79.4 cm³/mol. The zero-order valence-corrected chi connectivity index (χ0v) is 11.5. The Balaban J connectivity index is 2.42. The topological polar surface area (TPSA) is 52.3 Å². The Morgan fingerprint density at radius 2 is 1.50 bits per heavy atom. The van der Waals surface area contributed by atoms with Gasteiger partial charge in [0.05, 0.1) is 13.0 Å². The Morgan fingerprint density at radius 1 is 1.00 bits per heavy atom. The van der Waals surface area contributed by atoms with Crippen LogP contribution < -0.4 is 5.73 Å². The fourth-order valence-corrected chi connectivity index (χ4v) is 2.48. The van der Waals surface area contributed by atoms with Gasteiger partial charge in [-0.05, 0) is 11.1 Å². The Morgan fingerprint density at radius 3 is 1.95 bits per heavy atom. The number of nitrogens with two attached hydrogens (primary N) is 1. The zero-order valence-electron chi connectivity index (χ0n) is 11.5. The van der Waals surface area contributed by atoms with E-state index in [-0.39, 0.29) is 17.8 Å². The van der Waals surface area contributed by atoms with E-state index in [1.165, 1.54) is 7.11 Å². The molecule has 0 heterocycles. The van der Waals surface area contributed by atoms with E-state index in [4.69, 9.17) is 10.5 Å². The van der Waals surface area contributed by atoms with Crippen molar-refractivity contribution in [2.45, 2.75) is 11.8 Å². The minimum absolute atomic E-state index is 0.0916. The summed E-state index contributed by atoms with van der Waals surface area (Å²) in [4.78, 5) is 12.2. The van der Waals surface area contributed by atoms with Crippen molar-refractivity contribution in [3.05, 3.63) is 71.8 Å². The summed E-state index contributed by atoms with van der Waals surface area (Å²) < 4.78 is 4.98. The van der Waals surface area contributed by atoms with E-state index in [0.717, 1.165) is 11.1 Å². The van der Waals surface area contributed by atoms with Gasteiger partial charge in [0, 0.05) is 12.5 Å². The van der Waals surface area contributed by atoms with Gasteiger partial charge in [-0.25, -0.2) is 0 Å². The number of benzene rings is 2. The number of carbonyl (C=O) groups excluding carboxylic acids is 1. The molecule has 2 N–H and O–H groups in total. The maximum Gasteiger partial charge on any atom is 0.313 e. The van der Waals surface area contributed by atoms with Crippen molar-refractivity contribution in [3.63, 3.8) is 0 Å². The van der Waals surface area contributed by atoms with E-state index in [0.29, 0.717) is 6.54 Å². The maximum absolute atomic E-state index is 12.2. The molecule has 0 fully saturated rings. The molecular weight excluding hydrogens is 250 g/mol. The van der Waals surface area contributed by atoms with Crippen LogP contribution in [0.1, 0.15) is 23.0 Å². The average Bonchev–Trinajstić information content (AvgIpc) is 2.53. The smallest absolute Gasteiger partial charge is 0.313 e. The van der Waals surface area contributed by atoms with Crippen LogP contribution in [-0.2, 0) is 9.53 Å². The zero-order chi connectivity index (χ0) is 14.4. The van der Waals surface area contributed by atoms with Gasteiger partial charge in [0.15, 0.2) is 0 Å². The molecule has 0 bridgehead atoms. The van der Waals surface area contributed by atoms with Gasteiger partial charge in [0.1, 0.15) is 0 Å². The van der Waals surface area contributed by atoms with Gasteiger partial charge in [-0.15, -0.1) is 0 Å². The van der Waals surface area contributed by atoms with Crippen LogP contribution in [0.3, 0.4) is 0 Å². The number of esters is 1. The quantitative estimate of drug-likeness (QED) is 0.849. The van der Waals surface area contributed by atoms with Crippen LogP contribution in [-0.4, -0.2) is 19.6 Å². The third-order valence-corrected chi connectivity index (χ3v) is 3.50. The lowest BCUT2D eigenvalue weighted by molar-refractivity contribution is -0.143. The number of rotatable bonds is 5. The first-order valence-corrected chi connectivity index (χ1v) is 6.65. The molecule has 0 radical (unpaired) electrons. The second-order valence-electron chi connectivity index (χ2n) is 4.66. The molecular formula is C17H19NO2. The van der Waals surface area contributed by atoms with Crippen LogP contribution in [0.4, 0.5) is 0 Å². The molecule has 2 aromatic rings. The Hall–Kier alpha value is -2.13. The highest BCUT2D eigenvalue weighted by Crippen LogP contribution is 2.33. The van der Waals surface area contributed by atoms with E-state index >= 15 is 0 Å². The molecule has 104 valence electrons. The highest BCUT2D eigenvalue weighted by atomic mass is 16.5. The summed E-state index contributed by atoms with van der Waals surface area (Å²) in [5, 5.41) is 0. The first-order chi connectivity index (χ1) is 9.77. The van der Waals surface area contributed by atoms with Crippen molar-refractivity contribution < 1.29 is 9.53 Å². The van der Waals surface area contributed by atoms with E-state index in [9.17, 15) is 4.79 Å². The molecule has 3 nitrogen and oxygen atoms in total. The summed E-state index contributed by atoms with van der Waals surface area (Å²) in [5.74, 6) is -0.727. The van der Waals surface area contributed by atoms with Crippen LogP contribution in [0.15, 0.2) is 60.7 Å². The van der Waals surface area contributed by atoms with Crippen molar-refractivity contribution in [1.82, 2.24) is 0 Å². The molecule has 3 heteroatoms. The van der Waals surface area contributed by atoms with Crippen LogP contribution in [0, 0.1) is 0 Å². The van der Waals surface area contributed by atoms with Crippen molar-refractivity contribution in [3.8, 4) is 0 Å². The van der Waals surface area contributed by atoms with Crippen LogP contribution in [0.25, 0.3) is 0 Å². The largest absolute Gasteiger partial charge is 0.469 e. The first kappa shape index (κ1) is 14.3. The molecule has 0 aliphatic rings. The van der Waals surface area contributed by atoms with Crippen molar-refractivity contribution in [2.24, 2.45) is 5.73 Å². The lowest BCUT2D eigenvalue weighted by Crippen LogP contribution is -2.27. The maximum atomic E-state index is 12.2. The van der Waals surface area contributed by atoms with Crippen LogP contribution in [0.5, 0.6) is 0 Å². The molecule has 0 spiro atoms. The van der Waals surface area contributed by atoms with Crippen molar-refractivity contribution >= 4 is 5.97 Å². The van der Waals surface area contributed by atoms with Gasteiger partial charge in [-0.3, -0.25) is 4.79 Å². The van der Waals surface area contributed by atoms with E-state index in [2.05, 4.69) is 0 Å². The molecule has 20 heavy (non-hydrogen) atoms. The van der Waals surface area contributed by atoms with Gasteiger partial charge in [-0.2, -0.15) is 0 Å². The van der Waals surface area contributed by atoms with E-state index < -0.39 is 0 Å². The number of ether oxygens (including phenoxy) is 1. The summed E-state index contributed by atoms with van der Waals surface area (Å²) in [6, 6.07) is 19.5. The number of hydrogen-bond acceptors (Lipinski definition) is 3. The summed E-state index contributed by atoms with van der Waals surface area (Å²) in [5.41, 5.74) is 7.91. The second kappa shape index (κ2) is 6.87. The van der Waals surface area contributed by atoms with Gasteiger partial charge >= 0.3 is 5.97 Å². The van der Waals surface area contributed by atoms with E-state index in [1.54, 1.807) is 0 Å². The summed E-state index contributed by atoms with van der Waals surface area (Å²) in [6.07, 6.45) is 0. The van der Waals surface area contributed by atoms with Gasteiger partial charge < -0.3 is 10.5 Å². The minimum atomic E-state index is -0.381. The Kier molecular flexibility index (Phi) is 4.91. The highest BCUT2D eigenvalue weighted by Gasteiger charge is 2.30. The molecule has 0 aliphatic carbocycles. The summed E-state index contributed by atoms with van der Waals surface area (Å²) >= 11 is 0. The molecule has 0 saturated carbocycles. The molecule has 2 aromatic carbocycles. The third-order valence-electron chi connectivity index (χ3n) is 3.50. The molecule has 2 unspecified atom stereocenters. The monoisotopic (exact) mass is 269 g/mol. The Labute approximate surface area is 119 Å². The number of methoxy groups -OCH3 is 1. The lowest BCUT2D eigenvalue weighted by atomic mass is 9.81. The normalized spacial score (nSPS) is 13.5. The fourth-order valence-electron chi connectivity index (χ4n) is 2.48. The summed E-state index contributed by atoms with van der Waals surface area (Å²) in [6.45, 7) is 0.388. The first-order valence-electron chi connectivity index (χ1n) is 6.65. The highest BCUT2D eigenvalue weighted by molar-refractivity contribution is 5.79. The fraction of sp³-hybridized carbons (Fsp3) is 0.235. The molecule has 2 atom stereocenters. The van der Waals surface area contributed by atoms with Gasteiger partial charge in [0.2, 0.25) is 0 Å². The third kappa shape index (κ3) is 3.06. The molecule has 0 aromatic heterocycles. The predicted octanol–water partition coefficient (Wildman–Crippen LogP) is 2.69. The molecule has 0 saturated heterocycles. The van der Waals surface area contributed by atoms with Crippen LogP contribution >= 0.6 is 0 Å². The number of carbonyl (C=O) groups is 1. The lowest BCUT2D eigenvalue weighted by Gasteiger charge is -2.24. The van der Waals surface area contributed by atoms with Crippen LogP contribution in [0.2, 0.25) is 0 Å². The SMILES string of the molecule is COC(=O)C(c1ccccc1)C(CN)c1ccccc1. The standard InChI is InChI=1S/C17H19NO2/c1-20-17(19)16(14-10-6-3-7-11-14)15(12-18)13-8-4-2-5-9-13/h2-11,15-16H,12,18H2,1H3. The van der Waals surface area contributed by atoms with Gasteiger partial charge in [-0.1, -0.05) is 60.7 Å². The Bertz CT molecular complexity index is 539. The average molecular weight is 269 g/mol. The summed E-state index contributed by atoms with van der Waals surface area (Å²) in [7, 11) is 1.41. The molecule has 2 rings (SSSR count). The minimum Gasteiger partial charge on any atom is -0.469 e.